The molecule has 0 radical (unpaired) electrons. The molecule has 2 unspecified atom stereocenters. The molecule has 0 spiro atoms. The smallest absolute Gasteiger partial charge is 0.261 e. The lowest BCUT2D eigenvalue weighted by atomic mass is 10.0. The van der Waals surface area contributed by atoms with Gasteiger partial charge in [-0.1, -0.05) is 6.07 Å². The molecule has 1 aromatic carbocycles. The Labute approximate surface area is 135 Å². The second kappa shape index (κ2) is 5.74. The average Bonchev–Trinajstić information content (AvgIpc) is 3.15. The largest absolute Gasteiger partial charge is 0.480 e. The van der Waals surface area contributed by atoms with Crippen LogP contribution in [0.2, 0.25) is 0 Å². The van der Waals surface area contributed by atoms with Crippen molar-refractivity contribution in [2.75, 3.05) is 6.54 Å². The Bertz CT molecular complexity index is 688. The summed E-state index contributed by atoms with van der Waals surface area (Å²) in [6.45, 7) is 5.73. The number of hydrogen-bond donors (Lipinski definition) is 2. The highest BCUT2D eigenvalue weighted by Gasteiger charge is 2.32. The third-order valence-corrected chi connectivity index (χ3v) is 4.30. The van der Waals surface area contributed by atoms with E-state index in [1.807, 2.05) is 19.9 Å². The first-order valence-electron chi connectivity index (χ1n) is 7.68. The lowest BCUT2D eigenvalue weighted by molar-refractivity contribution is -0.128. The summed E-state index contributed by atoms with van der Waals surface area (Å²) >= 11 is 0. The van der Waals surface area contributed by atoms with Crippen LogP contribution in [-0.4, -0.2) is 23.7 Å². The summed E-state index contributed by atoms with van der Waals surface area (Å²) in [6.07, 6.45) is 1.48. The quantitative estimate of drug-likeness (QED) is 0.907. The van der Waals surface area contributed by atoms with Gasteiger partial charge in [0.2, 0.25) is 0 Å². The maximum Gasteiger partial charge on any atom is 0.261 e. The van der Waals surface area contributed by atoms with Gasteiger partial charge in [0.25, 0.3) is 5.91 Å². The minimum Gasteiger partial charge on any atom is -0.480 e. The van der Waals surface area contributed by atoms with E-state index in [9.17, 15) is 9.90 Å². The topological polar surface area (TPSA) is 71.7 Å². The molecule has 5 nitrogen and oxygen atoms in total. The second-order valence-corrected chi connectivity index (χ2v) is 6.32. The summed E-state index contributed by atoms with van der Waals surface area (Å²) in [5.74, 6) is 0.953. The van der Waals surface area contributed by atoms with Gasteiger partial charge in [0.05, 0.1) is 12.8 Å². The maximum absolute atomic E-state index is 12.3. The van der Waals surface area contributed by atoms with Crippen LogP contribution in [0.4, 0.5) is 0 Å². The molecule has 23 heavy (non-hydrogen) atoms. The Balaban J connectivity index is 1.62. The van der Waals surface area contributed by atoms with E-state index in [1.54, 1.807) is 19.1 Å². The van der Waals surface area contributed by atoms with Gasteiger partial charge in [-0.15, -0.1) is 0 Å². The number of amides is 1. The molecule has 2 aromatic rings. The fourth-order valence-corrected chi connectivity index (χ4v) is 2.70. The molecular formula is C18H21NO4. The van der Waals surface area contributed by atoms with Gasteiger partial charge < -0.3 is 19.6 Å². The van der Waals surface area contributed by atoms with Gasteiger partial charge >= 0.3 is 0 Å². The van der Waals surface area contributed by atoms with Crippen LogP contribution in [0.15, 0.2) is 34.9 Å². The first-order valence-corrected chi connectivity index (χ1v) is 7.68. The molecule has 5 heteroatoms. The summed E-state index contributed by atoms with van der Waals surface area (Å²) in [5, 5.41) is 13.1. The number of rotatable bonds is 4. The predicted molar refractivity (Wildman–Crippen MR) is 85.3 cm³/mol. The molecule has 1 aromatic heterocycles. The zero-order valence-corrected chi connectivity index (χ0v) is 13.6. The summed E-state index contributed by atoms with van der Waals surface area (Å²) in [4.78, 5) is 12.3. The number of carbonyl (C=O) groups excluding carboxylic acids is 1. The highest BCUT2D eigenvalue weighted by molar-refractivity contribution is 5.82. The van der Waals surface area contributed by atoms with Crippen LogP contribution in [-0.2, 0) is 16.8 Å². The van der Waals surface area contributed by atoms with Crippen molar-refractivity contribution >= 4 is 5.91 Å². The third-order valence-electron chi connectivity index (χ3n) is 4.30. The van der Waals surface area contributed by atoms with E-state index in [4.69, 9.17) is 9.15 Å². The number of hydrogen-bond acceptors (Lipinski definition) is 4. The highest BCUT2D eigenvalue weighted by atomic mass is 16.5. The van der Waals surface area contributed by atoms with Gasteiger partial charge in [0, 0.05) is 6.42 Å². The number of aryl methyl sites for hydroxylation is 2. The van der Waals surface area contributed by atoms with Crippen molar-refractivity contribution < 1.29 is 19.1 Å². The second-order valence-electron chi connectivity index (χ2n) is 6.32. The van der Waals surface area contributed by atoms with Crippen LogP contribution < -0.4 is 10.1 Å². The monoisotopic (exact) mass is 315 g/mol. The van der Waals surface area contributed by atoms with Crippen LogP contribution in [0.25, 0.3) is 0 Å². The molecule has 1 amide bonds. The van der Waals surface area contributed by atoms with E-state index in [-0.39, 0.29) is 12.5 Å². The predicted octanol–water partition coefficient (Wildman–Crippen LogP) is 2.22. The van der Waals surface area contributed by atoms with Crippen LogP contribution in [0, 0.1) is 13.8 Å². The highest BCUT2D eigenvalue weighted by Crippen LogP contribution is 2.31. The SMILES string of the molecule is Cc1cc2c(cc1C)OC(C(=O)NCC(C)(O)c1ccco1)C2. The number of aliphatic hydroxyl groups is 1. The molecule has 3 rings (SSSR count). The lowest BCUT2D eigenvalue weighted by Gasteiger charge is -2.22. The van der Waals surface area contributed by atoms with Gasteiger partial charge in [0.1, 0.15) is 17.1 Å². The zero-order valence-electron chi connectivity index (χ0n) is 13.6. The van der Waals surface area contributed by atoms with Crippen LogP contribution in [0.1, 0.15) is 29.4 Å². The Kier molecular flexibility index (Phi) is 3.90. The Hall–Kier alpha value is -2.27. The van der Waals surface area contributed by atoms with E-state index in [0.29, 0.717) is 12.2 Å². The first kappa shape index (κ1) is 15.6. The van der Waals surface area contributed by atoms with Crippen LogP contribution in [0.3, 0.4) is 0 Å². The molecule has 1 aliphatic heterocycles. The lowest BCUT2D eigenvalue weighted by Crippen LogP contribution is -2.44. The molecule has 0 fully saturated rings. The normalized spacial score (nSPS) is 18.9. The number of nitrogens with one attached hydrogen (secondary N) is 1. The minimum absolute atomic E-state index is 0.0631. The van der Waals surface area contributed by atoms with E-state index in [0.717, 1.165) is 16.9 Å². The summed E-state index contributed by atoms with van der Waals surface area (Å²) in [5.41, 5.74) is 2.13. The number of carbonyl (C=O) groups is 1. The maximum atomic E-state index is 12.3. The van der Waals surface area contributed by atoms with E-state index in [1.165, 1.54) is 11.8 Å². The summed E-state index contributed by atoms with van der Waals surface area (Å²) in [6, 6.07) is 7.42. The molecule has 0 saturated carbocycles. The van der Waals surface area contributed by atoms with Crippen molar-refractivity contribution in [1.29, 1.82) is 0 Å². The van der Waals surface area contributed by atoms with Gasteiger partial charge in [0.15, 0.2) is 6.10 Å². The average molecular weight is 315 g/mol. The Morgan fingerprint density at radius 3 is 2.83 bits per heavy atom. The fraction of sp³-hybridized carbons (Fsp3) is 0.389. The van der Waals surface area contributed by atoms with E-state index in [2.05, 4.69) is 11.4 Å². The molecule has 0 bridgehead atoms. The van der Waals surface area contributed by atoms with Crippen LogP contribution in [0.5, 0.6) is 5.75 Å². The Morgan fingerprint density at radius 1 is 1.39 bits per heavy atom. The standard InChI is InChI=1S/C18H21NO4/c1-11-7-13-9-15(23-14(13)8-12(11)2)17(20)19-10-18(3,21)16-5-4-6-22-16/h4-8,15,21H,9-10H2,1-3H3,(H,19,20). The van der Waals surface area contributed by atoms with Crippen molar-refractivity contribution in [3.8, 4) is 5.75 Å². The van der Waals surface area contributed by atoms with Crippen molar-refractivity contribution in [1.82, 2.24) is 5.32 Å². The number of benzene rings is 1. The Morgan fingerprint density at radius 2 is 2.13 bits per heavy atom. The third kappa shape index (κ3) is 3.10. The van der Waals surface area contributed by atoms with Gasteiger partial charge in [-0.05, 0) is 55.7 Å². The van der Waals surface area contributed by atoms with Crippen LogP contribution >= 0.6 is 0 Å². The van der Waals surface area contributed by atoms with E-state index < -0.39 is 11.7 Å². The van der Waals surface area contributed by atoms with Gasteiger partial charge in [-0.3, -0.25) is 4.79 Å². The molecule has 0 saturated heterocycles. The number of ether oxygens (including phenoxy) is 1. The molecule has 2 heterocycles. The van der Waals surface area contributed by atoms with Crippen molar-refractivity contribution in [3.05, 3.63) is 53.0 Å². The minimum atomic E-state index is -1.25. The van der Waals surface area contributed by atoms with Crippen molar-refractivity contribution in [2.45, 2.75) is 38.9 Å². The fourth-order valence-electron chi connectivity index (χ4n) is 2.70. The molecule has 2 N–H and O–H groups in total. The van der Waals surface area contributed by atoms with Gasteiger partial charge in [-0.2, -0.15) is 0 Å². The summed E-state index contributed by atoms with van der Waals surface area (Å²) < 4.78 is 10.9. The molecule has 2 atom stereocenters. The zero-order chi connectivity index (χ0) is 16.6. The van der Waals surface area contributed by atoms with Crippen molar-refractivity contribution in [3.63, 3.8) is 0 Å². The number of fused-ring (bicyclic) bond motifs is 1. The first-order chi connectivity index (χ1) is 10.9. The molecule has 122 valence electrons. The molecule has 1 aliphatic rings. The summed E-state index contributed by atoms with van der Waals surface area (Å²) in [7, 11) is 0. The van der Waals surface area contributed by atoms with Gasteiger partial charge in [-0.25, -0.2) is 0 Å². The van der Waals surface area contributed by atoms with E-state index >= 15 is 0 Å². The molecular weight excluding hydrogens is 294 g/mol. The number of furan rings is 1. The molecule has 0 aliphatic carbocycles. The van der Waals surface area contributed by atoms with Crippen molar-refractivity contribution in [2.24, 2.45) is 0 Å².